The molecule has 0 amide bonds. The SMILES string of the molecule is CCc1ccc(F)c2c1CC(=S)C(C)(C)N2. The zero-order chi connectivity index (χ0) is 11.9. The Labute approximate surface area is 101 Å². The highest BCUT2D eigenvalue weighted by Crippen LogP contribution is 2.33. The fourth-order valence-corrected chi connectivity index (χ4v) is 2.29. The summed E-state index contributed by atoms with van der Waals surface area (Å²) in [5.74, 6) is -0.178. The van der Waals surface area contributed by atoms with E-state index in [0.29, 0.717) is 12.1 Å². The molecule has 0 bridgehead atoms. The first-order chi connectivity index (χ1) is 7.45. The van der Waals surface area contributed by atoms with Crippen LogP contribution < -0.4 is 5.32 Å². The van der Waals surface area contributed by atoms with Crippen LogP contribution in [0.5, 0.6) is 0 Å². The molecule has 0 fully saturated rings. The third kappa shape index (κ3) is 1.73. The molecular weight excluding hydrogens is 221 g/mol. The molecule has 1 aromatic carbocycles. The number of hydrogen-bond donors (Lipinski definition) is 1. The van der Waals surface area contributed by atoms with Crippen LogP contribution in [-0.4, -0.2) is 10.4 Å². The van der Waals surface area contributed by atoms with E-state index < -0.39 is 0 Å². The average molecular weight is 237 g/mol. The molecule has 0 aromatic heterocycles. The van der Waals surface area contributed by atoms with Gasteiger partial charge in [-0.1, -0.05) is 25.2 Å². The number of aryl methyl sites for hydroxylation is 1. The molecular formula is C13H16FNS. The summed E-state index contributed by atoms with van der Waals surface area (Å²) in [6.07, 6.45) is 1.61. The van der Waals surface area contributed by atoms with Crippen molar-refractivity contribution in [3.8, 4) is 0 Å². The predicted octanol–water partition coefficient (Wildman–Crippen LogP) is 3.50. The molecule has 0 radical (unpaired) electrons. The lowest BCUT2D eigenvalue weighted by Gasteiger charge is -2.35. The number of halogens is 1. The third-order valence-corrected chi connectivity index (χ3v) is 3.87. The van der Waals surface area contributed by atoms with Crippen LogP contribution in [0.4, 0.5) is 10.1 Å². The second kappa shape index (κ2) is 3.81. The maximum absolute atomic E-state index is 13.8. The fourth-order valence-electron chi connectivity index (χ4n) is 2.09. The normalized spacial score (nSPS) is 17.9. The quantitative estimate of drug-likeness (QED) is 0.750. The Morgan fingerprint density at radius 2 is 2.12 bits per heavy atom. The monoisotopic (exact) mass is 237 g/mol. The van der Waals surface area contributed by atoms with Gasteiger partial charge in [-0.05, 0) is 37.5 Å². The van der Waals surface area contributed by atoms with Crippen LogP contribution in [0.1, 0.15) is 31.9 Å². The lowest BCUT2D eigenvalue weighted by Crippen LogP contribution is -2.44. The van der Waals surface area contributed by atoms with Crippen molar-refractivity contribution in [1.29, 1.82) is 0 Å². The van der Waals surface area contributed by atoms with Gasteiger partial charge in [0.2, 0.25) is 0 Å². The van der Waals surface area contributed by atoms with Crippen LogP contribution in [0.2, 0.25) is 0 Å². The molecule has 2 rings (SSSR count). The molecule has 1 heterocycles. The maximum atomic E-state index is 13.8. The van der Waals surface area contributed by atoms with Crippen LogP contribution in [0.3, 0.4) is 0 Å². The highest BCUT2D eigenvalue weighted by molar-refractivity contribution is 7.80. The van der Waals surface area contributed by atoms with Gasteiger partial charge in [-0.3, -0.25) is 0 Å². The van der Waals surface area contributed by atoms with Gasteiger partial charge in [-0.2, -0.15) is 0 Å². The summed E-state index contributed by atoms with van der Waals surface area (Å²) in [4.78, 5) is 0.945. The number of benzene rings is 1. The van der Waals surface area contributed by atoms with Crippen molar-refractivity contribution in [1.82, 2.24) is 0 Å². The summed E-state index contributed by atoms with van der Waals surface area (Å²) in [6, 6.07) is 3.39. The fraction of sp³-hybridized carbons (Fsp3) is 0.462. The van der Waals surface area contributed by atoms with Crippen molar-refractivity contribution in [2.24, 2.45) is 0 Å². The Morgan fingerprint density at radius 3 is 2.75 bits per heavy atom. The number of nitrogens with one attached hydrogen (secondary N) is 1. The van der Waals surface area contributed by atoms with Crippen molar-refractivity contribution in [2.75, 3.05) is 5.32 Å². The van der Waals surface area contributed by atoms with Crippen LogP contribution in [0.15, 0.2) is 12.1 Å². The van der Waals surface area contributed by atoms with Gasteiger partial charge in [0.1, 0.15) is 5.82 Å². The van der Waals surface area contributed by atoms with Crippen molar-refractivity contribution in [3.05, 3.63) is 29.1 Å². The van der Waals surface area contributed by atoms with Crippen molar-refractivity contribution in [2.45, 2.75) is 39.2 Å². The Kier molecular flexibility index (Phi) is 2.74. The molecule has 0 aliphatic carbocycles. The van der Waals surface area contributed by atoms with Crippen LogP contribution in [-0.2, 0) is 12.8 Å². The van der Waals surface area contributed by atoms with Gasteiger partial charge in [0, 0.05) is 11.3 Å². The van der Waals surface area contributed by atoms with Crippen LogP contribution >= 0.6 is 12.2 Å². The molecule has 1 aromatic rings. The highest BCUT2D eigenvalue weighted by Gasteiger charge is 2.31. The predicted molar refractivity (Wildman–Crippen MR) is 69.8 cm³/mol. The molecule has 0 unspecified atom stereocenters. The number of hydrogen-bond acceptors (Lipinski definition) is 2. The Morgan fingerprint density at radius 1 is 1.44 bits per heavy atom. The largest absolute Gasteiger partial charge is 0.373 e. The number of rotatable bonds is 1. The van der Waals surface area contributed by atoms with Gasteiger partial charge in [0.05, 0.1) is 11.2 Å². The number of thiocarbonyl (C=S) groups is 1. The molecule has 0 saturated carbocycles. The topological polar surface area (TPSA) is 12.0 Å². The molecule has 0 saturated heterocycles. The van der Waals surface area contributed by atoms with E-state index in [2.05, 4.69) is 12.2 Å². The summed E-state index contributed by atoms with van der Waals surface area (Å²) in [6.45, 7) is 6.07. The first-order valence-corrected chi connectivity index (χ1v) is 5.98. The molecule has 16 heavy (non-hydrogen) atoms. The molecule has 1 aliphatic rings. The summed E-state index contributed by atoms with van der Waals surface area (Å²) >= 11 is 5.38. The van der Waals surface area contributed by atoms with Crippen molar-refractivity contribution in [3.63, 3.8) is 0 Å². The number of fused-ring (bicyclic) bond motifs is 1. The minimum atomic E-state index is -0.296. The molecule has 1 N–H and O–H groups in total. The average Bonchev–Trinajstić information content (AvgIpc) is 2.22. The first-order valence-electron chi connectivity index (χ1n) is 5.57. The van der Waals surface area contributed by atoms with Gasteiger partial charge < -0.3 is 5.32 Å². The summed E-state index contributed by atoms with van der Waals surface area (Å²) in [7, 11) is 0. The van der Waals surface area contributed by atoms with Gasteiger partial charge in [-0.25, -0.2) is 4.39 Å². The second-order valence-corrected chi connectivity index (χ2v) is 5.26. The molecule has 1 aliphatic heterocycles. The van der Waals surface area contributed by atoms with Gasteiger partial charge in [-0.15, -0.1) is 0 Å². The van der Waals surface area contributed by atoms with Gasteiger partial charge in [0.15, 0.2) is 0 Å². The lowest BCUT2D eigenvalue weighted by molar-refractivity contribution is 0.616. The van der Waals surface area contributed by atoms with E-state index in [-0.39, 0.29) is 11.4 Å². The molecule has 0 spiro atoms. The van der Waals surface area contributed by atoms with Crippen molar-refractivity contribution >= 4 is 22.8 Å². The third-order valence-electron chi connectivity index (χ3n) is 3.21. The summed E-state index contributed by atoms with van der Waals surface area (Å²) in [5.41, 5.74) is 2.56. The van der Waals surface area contributed by atoms with E-state index in [0.717, 1.165) is 16.8 Å². The summed E-state index contributed by atoms with van der Waals surface area (Å²) < 4.78 is 13.8. The zero-order valence-corrected chi connectivity index (χ0v) is 10.7. The smallest absolute Gasteiger partial charge is 0.146 e. The second-order valence-electron chi connectivity index (χ2n) is 4.76. The molecule has 86 valence electrons. The van der Waals surface area contributed by atoms with Crippen LogP contribution in [0, 0.1) is 5.82 Å². The van der Waals surface area contributed by atoms with E-state index in [1.54, 1.807) is 0 Å². The highest BCUT2D eigenvalue weighted by atomic mass is 32.1. The summed E-state index contributed by atoms with van der Waals surface area (Å²) in [5, 5.41) is 3.21. The van der Waals surface area contributed by atoms with Gasteiger partial charge >= 0.3 is 0 Å². The molecule has 0 atom stereocenters. The minimum absolute atomic E-state index is 0.178. The van der Waals surface area contributed by atoms with E-state index in [4.69, 9.17) is 12.2 Å². The van der Waals surface area contributed by atoms with E-state index >= 15 is 0 Å². The standard InChI is InChI=1S/C13H16FNS/c1-4-8-5-6-10(14)12-9(8)7-11(16)13(2,3)15-12/h5-6,15H,4,7H2,1-3H3. The Hall–Kier alpha value is -0.960. The van der Waals surface area contributed by atoms with E-state index in [1.165, 1.54) is 11.6 Å². The van der Waals surface area contributed by atoms with Crippen molar-refractivity contribution < 1.29 is 4.39 Å². The maximum Gasteiger partial charge on any atom is 0.146 e. The first kappa shape index (κ1) is 11.5. The van der Waals surface area contributed by atoms with E-state index in [1.807, 2.05) is 19.9 Å². The molecule has 3 heteroatoms. The van der Waals surface area contributed by atoms with Crippen LogP contribution in [0.25, 0.3) is 0 Å². The minimum Gasteiger partial charge on any atom is -0.373 e. The zero-order valence-electron chi connectivity index (χ0n) is 9.86. The van der Waals surface area contributed by atoms with Gasteiger partial charge in [0.25, 0.3) is 0 Å². The Balaban J connectivity index is 2.57. The Bertz CT molecular complexity index is 451. The number of anilines is 1. The lowest BCUT2D eigenvalue weighted by atomic mass is 9.86. The van der Waals surface area contributed by atoms with E-state index in [9.17, 15) is 4.39 Å². The molecule has 1 nitrogen and oxygen atoms in total.